The fraction of sp³-hybridized carbons (Fsp3) is 0.571. The van der Waals surface area contributed by atoms with Crippen molar-refractivity contribution in [2.45, 2.75) is 51.9 Å². The maximum atomic E-state index is 5.48. The van der Waals surface area contributed by atoms with Crippen molar-refractivity contribution in [3.05, 3.63) is 23.7 Å². The molecule has 0 atom stereocenters. The number of unbranched alkanes of at least 4 members (excludes halogenated alkanes) is 3. The minimum absolute atomic E-state index is 0.889. The zero-order chi connectivity index (χ0) is 10.9. The molecule has 0 aromatic carbocycles. The van der Waals surface area contributed by atoms with Crippen molar-refractivity contribution >= 4 is 0 Å². The van der Waals surface area contributed by atoms with Gasteiger partial charge in [0.25, 0.3) is 0 Å². The Balaban J connectivity index is 2.24. The quantitative estimate of drug-likeness (QED) is 0.484. The SMILES string of the molecule is C#CCCCCc1coc(CCCC)c1. The molecule has 0 N–H and O–H groups in total. The molecule has 82 valence electrons. The second-order valence-corrected chi connectivity index (χ2v) is 3.94. The minimum atomic E-state index is 0.889. The van der Waals surface area contributed by atoms with Crippen LogP contribution in [0, 0.1) is 12.3 Å². The van der Waals surface area contributed by atoms with Crippen molar-refractivity contribution in [3.8, 4) is 12.3 Å². The van der Waals surface area contributed by atoms with Gasteiger partial charge in [0.15, 0.2) is 0 Å². The molecule has 15 heavy (non-hydrogen) atoms. The van der Waals surface area contributed by atoms with Crippen LogP contribution in [-0.2, 0) is 12.8 Å². The third-order valence-corrected chi connectivity index (χ3v) is 2.52. The number of aryl methyl sites for hydroxylation is 2. The van der Waals surface area contributed by atoms with Gasteiger partial charge in [0, 0.05) is 12.8 Å². The molecule has 1 heteroatoms. The van der Waals surface area contributed by atoms with Crippen LogP contribution >= 0.6 is 0 Å². The van der Waals surface area contributed by atoms with E-state index in [0.29, 0.717) is 0 Å². The van der Waals surface area contributed by atoms with Gasteiger partial charge in [-0.15, -0.1) is 12.3 Å². The lowest BCUT2D eigenvalue weighted by Crippen LogP contribution is -1.83. The molecule has 0 spiro atoms. The molecule has 1 aromatic rings. The van der Waals surface area contributed by atoms with Crippen molar-refractivity contribution in [2.24, 2.45) is 0 Å². The Morgan fingerprint density at radius 2 is 2.13 bits per heavy atom. The van der Waals surface area contributed by atoms with Crippen LogP contribution in [0.15, 0.2) is 16.7 Å². The summed E-state index contributed by atoms with van der Waals surface area (Å²) < 4.78 is 5.48. The van der Waals surface area contributed by atoms with E-state index in [1.54, 1.807) is 0 Å². The summed E-state index contributed by atoms with van der Waals surface area (Å²) in [6.07, 6.45) is 14.9. The van der Waals surface area contributed by atoms with Crippen molar-refractivity contribution in [1.82, 2.24) is 0 Å². The Kier molecular flexibility index (Phi) is 5.70. The smallest absolute Gasteiger partial charge is 0.104 e. The Morgan fingerprint density at radius 1 is 1.27 bits per heavy atom. The summed E-state index contributed by atoms with van der Waals surface area (Å²) in [5, 5.41) is 0. The normalized spacial score (nSPS) is 10.1. The minimum Gasteiger partial charge on any atom is -0.469 e. The van der Waals surface area contributed by atoms with Crippen LogP contribution in [0.4, 0.5) is 0 Å². The summed E-state index contributed by atoms with van der Waals surface area (Å²) in [5.74, 6) is 3.79. The van der Waals surface area contributed by atoms with E-state index < -0.39 is 0 Å². The summed E-state index contributed by atoms with van der Waals surface area (Å²) >= 11 is 0. The largest absolute Gasteiger partial charge is 0.469 e. The van der Waals surface area contributed by atoms with Crippen molar-refractivity contribution in [2.75, 3.05) is 0 Å². The highest BCUT2D eigenvalue weighted by Crippen LogP contribution is 2.13. The third kappa shape index (κ3) is 4.74. The van der Waals surface area contributed by atoms with Crippen LogP contribution in [0.25, 0.3) is 0 Å². The highest BCUT2D eigenvalue weighted by Gasteiger charge is 2.00. The summed E-state index contributed by atoms with van der Waals surface area (Å²) in [6, 6.07) is 2.19. The van der Waals surface area contributed by atoms with Gasteiger partial charge in [0.1, 0.15) is 5.76 Å². The number of hydrogen-bond acceptors (Lipinski definition) is 1. The van der Waals surface area contributed by atoms with E-state index in [4.69, 9.17) is 10.8 Å². The molecule has 0 aliphatic heterocycles. The predicted octanol–water partition coefficient (Wildman–Crippen LogP) is 3.97. The molecule has 0 radical (unpaired) electrons. The summed E-state index contributed by atoms with van der Waals surface area (Å²) in [7, 11) is 0. The Bertz CT molecular complexity index is 303. The standard InChI is InChI=1S/C14H20O/c1-3-5-7-8-9-13-11-14(15-12-13)10-6-4-2/h1,11-12H,4-10H2,2H3. The van der Waals surface area contributed by atoms with E-state index in [1.165, 1.54) is 18.4 Å². The molecule has 0 amide bonds. The third-order valence-electron chi connectivity index (χ3n) is 2.52. The van der Waals surface area contributed by atoms with Gasteiger partial charge in [-0.3, -0.25) is 0 Å². The zero-order valence-corrected chi connectivity index (χ0v) is 9.59. The second kappa shape index (κ2) is 7.17. The molecule has 0 bridgehead atoms. The van der Waals surface area contributed by atoms with Gasteiger partial charge in [0.05, 0.1) is 6.26 Å². The predicted molar refractivity (Wildman–Crippen MR) is 63.7 cm³/mol. The molecule has 1 heterocycles. The fourth-order valence-electron chi connectivity index (χ4n) is 1.60. The maximum absolute atomic E-state index is 5.48. The molecule has 0 saturated heterocycles. The topological polar surface area (TPSA) is 13.1 Å². The monoisotopic (exact) mass is 204 g/mol. The highest BCUT2D eigenvalue weighted by atomic mass is 16.3. The van der Waals surface area contributed by atoms with Crippen molar-refractivity contribution < 1.29 is 4.42 Å². The number of rotatable bonds is 7. The number of furan rings is 1. The molecule has 1 aromatic heterocycles. The highest BCUT2D eigenvalue weighted by molar-refractivity contribution is 5.13. The summed E-state index contributed by atoms with van der Waals surface area (Å²) in [4.78, 5) is 0. The molecule has 0 fully saturated rings. The summed E-state index contributed by atoms with van der Waals surface area (Å²) in [5.41, 5.74) is 1.32. The van der Waals surface area contributed by atoms with Gasteiger partial charge in [-0.2, -0.15) is 0 Å². The van der Waals surface area contributed by atoms with E-state index in [9.17, 15) is 0 Å². The average Bonchev–Trinajstić information content (AvgIpc) is 2.69. The van der Waals surface area contributed by atoms with Crippen LogP contribution in [0.2, 0.25) is 0 Å². The number of terminal acetylenes is 1. The van der Waals surface area contributed by atoms with E-state index in [-0.39, 0.29) is 0 Å². The van der Waals surface area contributed by atoms with Crippen LogP contribution in [-0.4, -0.2) is 0 Å². The lowest BCUT2D eigenvalue weighted by molar-refractivity contribution is 0.498. The molecule has 1 rings (SSSR count). The number of hydrogen-bond donors (Lipinski definition) is 0. The Hall–Kier alpha value is -1.16. The van der Waals surface area contributed by atoms with E-state index in [1.807, 2.05) is 6.26 Å². The molecule has 0 saturated carbocycles. The lowest BCUT2D eigenvalue weighted by Gasteiger charge is -1.93. The van der Waals surface area contributed by atoms with E-state index in [0.717, 1.165) is 37.9 Å². The summed E-state index contributed by atoms with van der Waals surface area (Å²) in [6.45, 7) is 2.20. The lowest BCUT2D eigenvalue weighted by atomic mass is 10.1. The molecule has 0 aliphatic rings. The van der Waals surface area contributed by atoms with Gasteiger partial charge in [0.2, 0.25) is 0 Å². The van der Waals surface area contributed by atoms with Crippen molar-refractivity contribution in [1.29, 1.82) is 0 Å². The first-order valence-electron chi connectivity index (χ1n) is 5.86. The van der Waals surface area contributed by atoms with Crippen LogP contribution in [0.5, 0.6) is 0 Å². The van der Waals surface area contributed by atoms with E-state index >= 15 is 0 Å². The first kappa shape index (κ1) is 11.9. The molecule has 1 nitrogen and oxygen atoms in total. The van der Waals surface area contributed by atoms with Gasteiger partial charge >= 0.3 is 0 Å². The maximum Gasteiger partial charge on any atom is 0.104 e. The molecule has 0 unspecified atom stereocenters. The van der Waals surface area contributed by atoms with Gasteiger partial charge in [-0.1, -0.05) is 13.3 Å². The molecule has 0 aliphatic carbocycles. The van der Waals surface area contributed by atoms with Crippen LogP contribution in [0.3, 0.4) is 0 Å². The average molecular weight is 204 g/mol. The van der Waals surface area contributed by atoms with Gasteiger partial charge in [-0.05, 0) is 37.3 Å². The molecular weight excluding hydrogens is 184 g/mol. The second-order valence-electron chi connectivity index (χ2n) is 3.94. The zero-order valence-electron chi connectivity index (χ0n) is 9.59. The first-order chi connectivity index (χ1) is 7.36. The molecular formula is C14H20O. The fourth-order valence-corrected chi connectivity index (χ4v) is 1.60. The van der Waals surface area contributed by atoms with Gasteiger partial charge in [-0.25, -0.2) is 0 Å². The van der Waals surface area contributed by atoms with Gasteiger partial charge < -0.3 is 4.42 Å². The van der Waals surface area contributed by atoms with Crippen LogP contribution < -0.4 is 0 Å². The van der Waals surface area contributed by atoms with Crippen molar-refractivity contribution in [3.63, 3.8) is 0 Å². The van der Waals surface area contributed by atoms with Crippen LogP contribution in [0.1, 0.15) is 50.4 Å². The Labute approximate surface area is 92.9 Å². The Morgan fingerprint density at radius 3 is 2.87 bits per heavy atom. The first-order valence-corrected chi connectivity index (χ1v) is 5.86. The van der Waals surface area contributed by atoms with E-state index in [2.05, 4.69) is 18.9 Å².